The highest BCUT2D eigenvalue weighted by atomic mass is 16.1. The third-order valence-electron chi connectivity index (χ3n) is 3.73. The molecule has 5 heteroatoms. The molecule has 1 aromatic carbocycles. The van der Waals surface area contributed by atoms with Crippen LogP contribution in [0.1, 0.15) is 26.3 Å². The van der Waals surface area contributed by atoms with Crippen molar-refractivity contribution < 1.29 is 4.79 Å². The van der Waals surface area contributed by atoms with E-state index in [1.165, 1.54) is 5.56 Å². The van der Waals surface area contributed by atoms with Crippen molar-refractivity contribution in [1.82, 2.24) is 15.3 Å². The van der Waals surface area contributed by atoms with E-state index in [-0.39, 0.29) is 11.9 Å². The molecule has 1 atom stereocenters. The molecule has 0 aliphatic rings. The average molecular weight is 312 g/mol. The molecule has 0 spiro atoms. The molecule has 0 aliphatic carbocycles. The van der Waals surface area contributed by atoms with Crippen LogP contribution in [0.5, 0.6) is 0 Å². The smallest absolute Gasteiger partial charge is 0.225 e. The predicted octanol–water partition coefficient (Wildman–Crippen LogP) is 2.67. The first-order valence-corrected chi connectivity index (χ1v) is 7.89. The van der Waals surface area contributed by atoms with E-state index in [1.54, 1.807) is 6.92 Å². The number of rotatable bonds is 6. The standard InChI is InChI=1S/C18H24N4O/c1-5-22(4)18-19-11-17(12-20-18)16-8-6-15(7-9-16)10-13(2)21-14(3)23/h6-9,11-13H,5,10H2,1-4H3,(H,21,23). The summed E-state index contributed by atoms with van der Waals surface area (Å²) < 4.78 is 0. The van der Waals surface area contributed by atoms with Gasteiger partial charge in [0.25, 0.3) is 0 Å². The molecule has 1 unspecified atom stereocenters. The highest BCUT2D eigenvalue weighted by Crippen LogP contribution is 2.20. The van der Waals surface area contributed by atoms with Crippen LogP contribution in [0.2, 0.25) is 0 Å². The normalized spacial score (nSPS) is 11.8. The number of hydrogen-bond acceptors (Lipinski definition) is 4. The molecule has 0 fully saturated rings. The SMILES string of the molecule is CCN(C)c1ncc(-c2ccc(CC(C)NC(C)=O)cc2)cn1. The maximum Gasteiger partial charge on any atom is 0.225 e. The van der Waals surface area contributed by atoms with E-state index in [2.05, 4.69) is 46.5 Å². The summed E-state index contributed by atoms with van der Waals surface area (Å²) in [5.41, 5.74) is 3.28. The third-order valence-corrected chi connectivity index (χ3v) is 3.73. The summed E-state index contributed by atoms with van der Waals surface area (Å²) in [6.07, 6.45) is 4.52. The van der Waals surface area contributed by atoms with Crippen molar-refractivity contribution in [3.8, 4) is 11.1 Å². The summed E-state index contributed by atoms with van der Waals surface area (Å²) in [6, 6.07) is 8.43. The molecular formula is C18H24N4O. The molecular weight excluding hydrogens is 288 g/mol. The van der Waals surface area contributed by atoms with Crippen LogP contribution >= 0.6 is 0 Å². The van der Waals surface area contributed by atoms with Crippen molar-refractivity contribution in [2.45, 2.75) is 33.2 Å². The van der Waals surface area contributed by atoms with Gasteiger partial charge in [0.15, 0.2) is 0 Å². The Bertz CT molecular complexity index is 637. The number of hydrogen-bond donors (Lipinski definition) is 1. The molecule has 1 heterocycles. The van der Waals surface area contributed by atoms with Crippen LogP contribution in [0.15, 0.2) is 36.7 Å². The van der Waals surface area contributed by atoms with Gasteiger partial charge in [-0.25, -0.2) is 9.97 Å². The Morgan fingerprint density at radius 1 is 1.17 bits per heavy atom. The highest BCUT2D eigenvalue weighted by Gasteiger charge is 2.06. The fourth-order valence-electron chi connectivity index (χ4n) is 2.39. The van der Waals surface area contributed by atoms with Crippen LogP contribution in [0.3, 0.4) is 0 Å². The first-order valence-electron chi connectivity index (χ1n) is 7.89. The maximum absolute atomic E-state index is 11.1. The fourth-order valence-corrected chi connectivity index (χ4v) is 2.39. The summed E-state index contributed by atoms with van der Waals surface area (Å²) in [7, 11) is 1.97. The second-order valence-corrected chi connectivity index (χ2v) is 5.79. The van der Waals surface area contributed by atoms with Gasteiger partial charge in [0.05, 0.1) is 0 Å². The van der Waals surface area contributed by atoms with E-state index < -0.39 is 0 Å². The van der Waals surface area contributed by atoms with Gasteiger partial charge in [0, 0.05) is 44.5 Å². The number of nitrogens with one attached hydrogen (secondary N) is 1. The number of carbonyl (C=O) groups excluding carboxylic acids is 1. The van der Waals surface area contributed by atoms with Crippen molar-refractivity contribution in [1.29, 1.82) is 0 Å². The molecule has 0 bridgehead atoms. The van der Waals surface area contributed by atoms with Crippen molar-refractivity contribution >= 4 is 11.9 Å². The van der Waals surface area contributed by atoms with Gasteiger partial charge in [-0.05, 0) is 31.4 Å². The lowest BCUT2D eigenvalue weighted by Gasteiger charge is -2.14. The first kappa shape index (κ1) is 16.9. The van der Waals surface area contributed by atoms with E-state index in [4.69, 9.17) is 0 Å². The Hall–Kier alpha value is -2.43. The monoisotopic (exact) mass is 312 g/mol. The minimum Gasteiger partial charge on any atom is -0.354 e. The van der Waals surface area contributed by atoms with Crippen LogP contribution in [-0.2, 0) is 11.2 Å². The Morgan fingerprint density at radius 2 is 1.78 bits per heavy atom. The van der Waals surface area contributed by atoms with Crippen LogP contribution < -0.4 is 10.2 Å². The lowest BCUT2D eigenvalue weighted by Crippen LogP contribution is -2.31. The number of amides is 1. The van der Waals surface area contributed by atoms with Crippen molar-refractivity contribution in [3.63, 3.8) is 0 Å². The summed E-state index contributed by atoms with van der Waals surface area (Å²) in [6.45, 7) is 6.49. The molecule has 5 nitrogen and oxygen atoms in total. The first-order chi connectivity index (χ1) is 11.0. The van der Waals surface area contributed by atoms with E-state index in [9.17, 15) is 4.79 Å². The third kappa shape index (κ3) is 4.77. The van der Waals surface area contributed by atoms with E-state index in [0.717, 1.165) is 30.0 Å². The van der Waals surface area contributed by atoms with Gasteiger partial charge in [-0.1, -0.05) is 24.3 Å². The number of anilines is 1. The molecule has 1 amide bonds. The van der Waals surface area contributed by atoms with Gasteiger partial charge in [0.2, 0.25) is 11.9 Å². The summed E-state index contributed by atoms with van der Waals surface area (Å²) in [4.78, 5) is 21.8. The molecule has 1 aromatic heterocycles. The average Bonchev–Trinajstić information content (AvgIpc) is 2.54. The van der Waals surface area contributed by atoms with Crippen molar-refractivity contribution in [3.05, 3.63) is 42.2 Å². The van der Waals surface area contributed by atoms with Gasteiger partial charge in [-0.15, -0.1) is 0 Å². The Kier molecular flexibility index (Phi) is 5.68. The molecule has 23 heavy (non-hydrogen) atoms. The predicted molar refractivity (Wildman–Crippen MR) is 93.4 cm³/mol. The van der Waals surface area contributed by atoms with Crippen LogP contribution in [0.25, 0.3) is 11.1 Å². The molecule has 0 aliphatic heterocycles. The van der Waals surface area contributed by atoms with Crippen LogP contribution in [0.4, 0.5) is 5.95 Å². The van der Waals surface area contributed by atoms with Gasteiger partial charge in [-0.2, -0.15) is 0 Å². The van der Waals surface area contributed by atoms with Crippen molar-refractivity contribution in [2.75, 3.05) is 18.5 Å². The van der Waals surface area contributed by atoms with Crippen LogP contribution in [0, 0.1) is 0 Å². The zero-order valence-electron chi connectivity index (χ0n) is 14.2. The van der Waals surface area contributed by atoms with Gasteiger partial charge >= 0.3 is 0 Å². The lowest BCUT2D eigenvalue weighted by molar-refractivity contribution is -0.119. The van der Waals surface area contributed by atoms with Crippen molar-refractivity contribution in [2.24, 2.45) is 0 Å². The second kappa shape index (κ2) is 7.72. The molecule has 0 saturated carbocycles. The second-order valence-electron chi connectivity index (χ2n) is 5.79. The van der Waals surface area contributed by atoms with Gasteiger partial charge in [-0.3, -0.25) is 4.79 Å². The molecule has 0 saturated heterocycles. The van der Waals surface area contributed by atoms with Crippen LogP contribution in [-0.4, -0.2) is 35.5 Å². The summed E-state index contributed by atoms with van der Waals surface area (Å²) in [5.74, 6) is 0.736. The van der Waals surface area contributed by atoms with E-state index >= 15 is 0 Å². The van der Waals surface area contributed by atoms with Gasteiger partial charge in [0.1, 0.15) is 0 Å². The maximum atomic E-state index is 11.1. The molecule has 1 N–H and O–H groups in total. The number of benzene rings is 1. The lowest BCUT2D eigenvalue weighted by atomic mass is 10.0. The zero-order chi connectivity index (χ0) is 16.8. The highest BCUT2D eigenvalue weighted by molar-refractivity contribution is 5.73. The molecule has 122 valence electrons. The quantitative estimate of drug-likeness (QED) is 0.891. The zero-order valence-corrected chi connectivity index (χ0v) is 14.2. The summed E-state index contributed by atoms with van der Waals surface area (Å²) in [5, 5.41) is 2.90. The minimum atomic E-state index is 0.00315. The summed E-state index contributed by atoms with van der Waals surface area (Å²) >= 11 is 0. The number of aromatic nitrogens is 2. The number of carbonyl (C=O) groups is 1. The number of nitrogens with zero attached hydrogens (tertiary/aromatic N) is 3. The molecule has 0 radical (unpaired) electrons. The Morgan fingerprint density at radius 3 is 2.30 bits per heavy atom. The Labute approximate surface area is 137 Å². The fraction of sp³-hybridized carbons (Fsp3) is 0.389. The molecule has 2 rings (SSSR count). The Balaban J connectivity index is 2.05. The molecule has 2 aromatic rings. The minimum absolute atomic E-state index is 0.00315. The van der Waals surface area contributed by atoms with E-state index in [1.807, 2.05) is 31.3 Å². The van der Waals surface area contributed by atoms with Gasteiger partial charge < -0.3 is 10.2 Å². The van der Waals surface area contributed by atoms with E-state index in [0.29, 0.717) is 0 Å². The topological polar surface area (TPSA) is 58.1 Å². The largest absolute Gasteiger partial charge is 0.354 e.